The van der Waals surface area contributed by atoms with Crippen molar-refractivity contribution in [3.8, 4) is 0 Å². The molecule has 1 aromatic rings. The van der Waals surface area contributed by atoms with Crippen LogP contribution in [-0.4, -0.2) is 24.5 Å². The van der Waals surface area contributed by atoms with Crippen LogP contribution in [0, 0.1) is 11.6 Å². The molecule has 0 radical (unpaired) electrons. The average Bonchev–Trinajstić information content (AvgIpc) is 2.37. The third-order valence-electron chi connectivity index (χ3n) is 3.57. The summed E-state index contributed by atoms with van der Waals surface area (Å²) >= 11 is 0. The highest BCUT2D eigenvalue weighted by Crippen LogP contribution is 2.26. The zero-order valence-electron chi connectivity index (χ0n) is 11.3. The molecule has 0 heterocycles. The minimum absolute atomic E-state index is 0.271. The molecule has 1 atom stereocenters. The summed E-state index contributed by atoms with van der Waals surface area (Å²) in [5, 5.41) is 0. The van der Waals surface area contributed by atoms with Gasteiger partial charge < -0.3 is 5.73 Å². The highest BCUT2D eigenvalue weighted by atomic mass is 19.2. The first-order valence-electron chi connectivity index (χ1n) is 6.42. The minimum Gasteiger partial charge on any atom is -0.329 e. The van der Waals surface area contributed by atoms with Crippen LogP contribution in [0.2, 0.25) is 0 Å². The molecule has 102 valence electrons. The monoisotopic (exact) mass is 256 g/mol. The molecule has 0 aromatic heterocycles. The number of benzene rings is 1. The van der Waals surface area contributed by atoms with Gasteiger partial charge in [0.15, 0.2) is 11.6 Å². The molecule has 0 spiro atoms. The van der Waals surface area contributed by atoms with Gasteiger partial charge in [0.1, 0.15) is 0 Å². The Hall–Kier alpha value is -1.00. The molecule has 4 heteroatoms. The summed E-state index contributed by atoms with van der Waals surface area (Å²) in [6.07, 6.45) is 1.92. The quantitative estimate of drug-likeness (QED) is 0.847. The first-order valence-corrected chi connectivity index (χ1v) is 6.42. The number of hydrogen-bond donors (Lipinski definition) is 1. The Bertz CT molecular complexity index is 378. The SMILES string of the molecule is CCC(CC)N(C)C(CN)c1cccc(F)c1F. The Balaban J connectivity index is 3.05. The van der Waals surface area contributed by atoms with Crippen molar-refractivity contribution in [1.82, 2.24) is 4.90 Å². The molecule has 0 amide bonds. The normalized spacial score (nSPS) is 13.3. The average molecular weight is 256 g/mol. The summed E-state index contributed by atoms with van der Waals surface area (Å²) in [5.74, 6) is -1.60. The zero-order valence-corrected chi connectivity index (χ0v) is 11.3. The maximum atomic E-state index is 13.8. The van der Waals surface area contributed by atoms with E-state index >= 15 is 0 Å². The molecule has 0 saturated heterocycles. The van der Waals surface area contributed by atoms with E-state index in [-0.39, 0.29) is 12.6 Å². The maximum Gasteiger partial charge on any atom is 0.163 e. The van der Waals surface area contributed by atoms with E-state index in [1.807, 2.05) is 11.9 Å². The van der Waals surface area contributed by atoms with E-state index < -0.39 is 11.6 Å². The van der Waals surface area contributed by atoms with Crippen molar-refractivity contribution in [3.05, 3.63) is 35.4 Å². The van der Waals surface area contributed by atoms with Gasteiger partial charge >= 0.3 is 0 Å². The summed E-state index contributed by atoms with van der Waals surface area (Å²) in [6.45, 7) is 4.44. The van der Waals surface area contributed by atoms with Crippen LogP contribution in [0.4, 0.5) is 8.78 Å². The van der Waals surface area contributed by atoms with Crippen LogP contribution in [0.3, 0.4) is 0 Å². The fourth-order valence-electron chi connectivity index (χ4n) is 2.41. The Morgan fingerprint density at radius 3 is 2.33 bits per heavy atom. The second-order valence-electron chi connectivity index (χ2n) is 4.53. The van der Waals surface area contributed by atoms with Crippen LogP contribution in [0.5, 0.6) is 0 Å². The fourth-order valence-corrected chi connectivity index (χ4v) is 2.41. The summed E-state index contributed by atoms with van der Waals surface area (Å²) in [5.41, 5.74) is 6.08. The number of nitrogens with zero attached hydrogens (tertiary/aromatic N) is 1. The molecule has 0 aliphatic rings. The minimum atomic E-state index is -0.816. The number of likely N-dealkylation sites (N-methyl/N-ethyl adjacent to an activating group) is 1. The smallest absolute Gasteiger partial charge is 0.163 e. The number of halogens is 2. The summed E-state index contributed by atoms with van der Waals surface area (Å²) in [7, 11) is 1.92. The van der Waals surface area contributed by atoms with Crippen LogP contribution >= 0.6 is 0 Å². The van der Waals surface area contributed by atoms with Crippen molar-refractivity contribution in [2.75, 3.05) is 13.6 Å². The highest BCUT2D eigenvalue weighted by Gasteiger charge is 2.24. The Morgan fingerprint density at radius 2 is 1.83 bits per heavy atom. The van der Waals surface area contributed by atoms with Crippen LogP contribution in [0.25, 0.3) is 0 Å². The highest BCUT2D eigenvalue weighted by molar-refractivity contribution is 5.23. The van der Waals surface area contributed by atoms with Gasteiger partial charge in [-0.3, -0.25) is 4.90 Å². The number of rotatable bonds is 6. The lowest BCUT2D eigenvalue weighted by Crippen LogP contribution is -2.38. The second-order valence-corrected chi connectivity index (χ2v) is 4.53. The Labute approximate surface area is 108 Å². The third-order valence-corrected chi connectivity index (χ3v) is 3.57. The number of nitrogens with two attached hydrogens (primary N) is 1. The Kier molecular flexibility index (Phi) is 5.69. The van der Waals surface area contributed by atoms with Gasteiger partial charge in [0.05, 0.1) is 0 Å². The lowest BCUT2D eigenvalue weighted by molar-refractivity contribution is 0.164. The van der Waals surface area contributed by atoms with E-state index in [1.165, 1.54) is 6.07 Å². The fraction of sp³-hybridized carbons (Fsp3) is 0.571. The van der Waals surface area contributed by atoms with Crippen LogP contribution < -0.4 is 5.73 Å². The van der Waals surface area contributed by atoms with Crippen molar-refractivity contribution in [2.24, 2.45) is 5.73 Å². The molecule has 0 aliphatic heterocycles. The van der Waals surface area contributed by atoms with E-state index in [4.69, 9.17) is 5.73 Å². The molecule has 0 fully saturated rings. The van der Waals surface area contributed by atoms with Crippen molar-refractivity contribution in [2.45, 2.75) is 38.8 Å². The predicted molar refractivity (Wildman–Crippen MR) is 70.3 cm³/mol. The molecule has 2 N–H and O–H groups in total. The second kappa shape index (κ2) is 6.81. The van der Waals surface area contributed by atoms with Crippen molar-refractivity contribution < 1.29 is 8.78 Å². The van der Waals surface area contributed by atoms with Gasteiger partial charge in [0.2, 0.25) is 0 Å². The van der Waals surface area contributed by atoms with E-state index in [1.54, 1.807) is 6.07 Å². The van der Waals surface area contributed by atoms with Gasteiger partial charge in [-0.05, 0) is 26.0 Å². The van der Waals surface area contributed by atoms with E-state index in [2.05, 4.69) is 13.8 Å². The molecule has 0 bridgehead atoms. The first-order chi connectivity index (χ1) is 8.56. The summed E-state index contributed by atoms with van der Waals surface area (Å²) in [6, 6.07) is 4.29. The lowest BCUT2D eigenvalue weighted by atomic mass is 10.0. The van der Waals surface area contributed by atoms with Crippen LogP contribution in [0.15, 0.2) is 18.2 Å². The van der Waals surface area contributed by atoms with Gasteiger partial charge in [-0.15, -0.1) is 0 Å². The molecular formula is C14H22F2N2. The van der Waals surface area contributed by atoms with Gasteiger partial charge in [-0.1, -0.05) is 26.0 Å². The lowest BCUT2D eigenvalue weighted by Gasteiger charge is -2.34. The zero-order chi connectivity index (χ0) is 13.7. The van der Waals surface area contributed by atoms with Crippen molar-refractivity contribution >= 4 is 0 Å². The Morgan fingerprint density at radius 1 is 1.22 bits per heavy atom. The number of hydrogen-bond acceptors (Lipinski definition) is 2. The molecule has 1 unspecified atom stereocenters. The first kappa shape index (κ1) is 15.1. The molecule has 2 nitrogen and oxygen atoms in total. The molecule has 0 saturated carbocycles. The van der Waals surface area contributed by atoms with Gasteiger partial charge in [-0.2, -0.15) is 0 Å². The van der Waals surface area contributed by atoms with Gasteiger partial charge in [0, 0.05) is 24.2 Å². The molecule has 0 aliphatic carbocycles. The third kappa shape index (κ3) is 3.06. The van der Waals surface area contributed by atoms with Gasteiger partial charge in [-0.25, -0.2) is 8.78 Å². The summed E-state index contributed by atoms with van der Waals surface area (Å²) in [4.78, 5) is 2.04. The van der Waals surface area contributed by atoms with Crippen molar-refractivity contribution in [1.29, 1.82) is 0 Å². The van der Waals surface area contributed by atoms with Crippen LogP contribution in [-0.2, 0) is 0 Å². The van der Waals surface area contributed by atoms with Crippen LogP contribution in [0.1, 0.15) is 38.3 Å². The topological polar surface area (TPSA) is 29.3 Å². The molecule has 18 heavy (non-hydrogen) atoms. The van der Waals surface area contributed by atoms with E-state index in [9.17, 15) is 8.78 Å². The van der Waals surface area contributed by atoms with E-state index in [0.717, 1.165) is 18.9 Å². The van der Waals surface area contributed by atoms with E-state index in [0.29, 0.717) is 11.6 Å². The molecule has 1 rings (SSSR count). The molecular weight excluding hydrogens is 234 g/mol. The van der Waals surface area contributed by atoms with Gasteiger partial charge in [0.25, 0.3) is 0 Å². The largest absolute Gasteiger partial charge is 0.329 e. The van der Waals surface area contributed by atoms with Crippen molar-refractivity contribution in [3.63, 3.8) is 0 Å². The molecule has 1 aromatic carbocycles. The summed E-state index contributed by atoms with van der Waals surface area (Å²) < 4.78 is 27.1. The predicted octanol–water partition coefficient (Wildman–Crippen LogP) is 3.09. The maximum absolute atomic E-state index is 13.8. The standard InChI is InChI=1S/C14H22F2N2/c1-4-10(5-2)18(3)13(9-17)11-7-6-8-12(15)14(11)16/h6-8,10,13H,4-5,9,17H2,1-3H3.